The molecule has 0 bridgehead atoms. The summed E-state index contributed by atoms with van der Waals surface area (Å²) in [5.41, 5.74) is 0. The second kappa shape index (κ2) is 60.7. The lowest BCUT2D eigenvalue weighted by atomic mass is 10.0. The van der Waals surface area contributed by atoms with Crippen LogP contribution in [0.4, 0.5) is 0 Å². The first-order valence-electron chi connectivity index (χ1n) is 31.3. The fourth-order valence-corrected chi connectivity index (χ4v) is 9.08. The molecule has 1 atom stereocenters. The summed E-state index contributed by atoms with van der Waals surface area (Å²) in [4.78, 5) is 38.2. The highest BCUT2D eigenvalue weighted by Crippen LogP contribution is 2.17. The Kier molecular flexibility index (Phi) is 58.2. The lowest BCUT2D eigenvalue weighted by Crippen LogP contribution is -2.30. The molecule has 0 aliphatic heterocycles. The first-order valence-corrected chi connectivity index (χ1v) is 31.3. The Hall–Kier alpha value is -2.89. The zero-order valence-electron chi connectivity index (χ0n) is 47.9. The maximum Gasteiger partial charge on any atom is 0.306 e. The van der Waals surface area contributed by atoms with Crippen molar-refractivity contribution in [2.45, 2.75) is 329 Å². The minimum Gasteiger partial charge on any atom is -0.462 e. The number of carbonyl (C=O) groups is 3. The van der Waals surface area contributed by atoms with Gasteiger partial charge in [-0.2, -0.15) is 0 Å². The molecule has 6 heteroatoms. The molecular weight excluding hydrogens is 889 g/mol. The largest absolute Gasteiger partial charge is 0.462 e. The molecule has 1 unspecified atom stereocenters. The van der Waals surface area contributed by atoms with Gasteiger partial charge < -0.3 is 14.2 Å². The Morgan fingerprint density at radius 2 is 0.542 bits per heavy atom. The summed E-state index contributed by atoms with van der Waals surface area (Å²) < 4.78 is 16.9. The van der Waals surface area contributed by atoms with Gasteiger partial charge >= 0.3 is 17.9 Å². The Balaban J connectivity index is 4.22. The molecule has 0 radical (unpaired) electrons. The van der Waals surface area contributed by atoms with Crippen LogP contribution in [0.1, 0.15) is 323 Å². The quantitative estimate of drug-likeness (QED) is 0.0261. The second-order valence-electron chi connectivity index (χ2n) is 20.9. The molecule has 0 saturated carbocycles. The maximum atomic E-state index is 12.9. The molecule has 0 rings (SSSR count). The summed E-state index contributed by atoms with van der Waals surface area (Å²) in [7, 11) is 0. The number of hydrogen-bond acceptors (Lipinski definition) is 6. The van der Waals surface area contributed by atoms with E-state index in [1.807, 2.05) is 0 Å². The number of esters is 3. The first kappa shape index (κ1) is 69.1. The van der Waals surface area contributed by atoms with Crippen molar-refractivity contribution in [2.24, 2.45) is 0 Å². The SMILES string of the molecule is CC/C=C\C/C=C\C/C=C\C/C=C\CCCCCCCCCCCCCCC(=O)OCC(COC(=O)CCCCCCCCCCCC)OC(=O)CCCCCCCCCCC/C=C\CCCCCCCC. The van der Waals surface area contributed by atoms with Crippen molar-refractivity contribution in [2.75, 3.05) is 13.2 Å². The fraction of sp³-hybridized carbons (Fsp3) is 0.803. The van der Waals surface area contributed by atoms with E-state index in [2.05, 4.69) is 81.5 Å². The molecule has 0 aliphatic carbocycles. The van der Waals surface area contributed by atoms with Gasteiger partial charge in [-0.25, -0.2) is 0 Å². The van der Waals surface area contributed by atoms with Crippen molar-refractivity contribution in [3.05, 3.63) is 60.8 Å². The predicted octanol–water partition coefficient (Wildman–Crippen LogP) is 21.2. The Labute approximate surface area is 447 Å². The number of rotatable bonds is 57. The molecule has 0 aliphatic rings. The molecule has 0 aromatic rings. The molecule has 0 aromatic heterocycles. The highest BCUT2D eigenvalue weighted by Gasteiger charge is 2.19. The van der Waals surface area contributed by atoms with Gasteiger partial charge in [-0.3, -0.25) is 14.4 Å². The Bertz CT molecular complexity index is 1290. The van der Waals surface area contributed by atoms with E-state index in [0.717, 1.165) is 83.5 Å². The summed E-state index contributed by atoms with van der Waals surface area (Å²) in [5, 5.41) is 0. The molecule has 0 N–H and O–H groups in total. The van der Waals surface area contributed by atoms with Gasteiger partial charge in [0, 0.05) is 19.3 Å². The van der Waals surface area contributed by atoms with E-state index in [0.29, 0.717) is 19.3 Å². The summed E-state index contributed by atoms with van der Waals surface area (Å²) in [6, 6.07) is 0. The van der Waals surface area contributed by atoms with Crippen LogP contribution < -0.4 is 0 Å². The van der Waals surface area contributed by atoms with Crippen LogP contribution in [0.5, 0.6) is 0 Å². The minimum atomic E-state index is -0.773. The number of hydrogen-bond donors (Lipinski definition) is 0. The van der Waals surface area contributed by atoms with Crippen molar-refractivity contribution >= 4 is 17.9 Å². The van der Waals surface area contributed by atoms with Gasteiger partial charge in [0.25, 0.3) is 0 Å². The lowest BCUT2D eigenvalue weighted by molar-refractivity contribution is -0.167. The van der Waals surface area contributed by atoms with Gasteiger partial charge in [0.2, 0.25) is 0 Å². The molecular formula is C66H118O6. The van der Waals surface area contributed by atoms with Gasteiger partial charge in [-0.1, -0.05) is 281 Å². The van der Waals surface area contributed by atoms with Crippen LogP contribution in [0, 0.1) is 0 Å². The average Bonchev–Trinajstić information content (AvgIpc) is 3.38. The standard InChI is InChI=1S/C66H118O6/c1-4-7-10-13-16-19-22-24-26-28-30-31-32-33-34-35-37-38-40-42-44-47-50-53-56-59-65(68)71-62-63(61-70-64(67)58-55-52-49-46-21-18-15-12-9-6-3)72-66(69)60-57-54-51-48-45-43-41-39-36-29-27-25-23-20-17-14-11-8-5-2/h7,10,16,19,24-27,30-31,63H,4-6,8-9,11-15,17-18,20-23,28-29,32-62H2,1-3H3/b10-7-,19-16-,26-24-,27-25-,31-30-. The molecule has 0 spiro atoms. The smallest absolute Gasteiger partial charge is 0.306 e. The molecule has 0 saturated heterocycles. The normalized spacial score (nSPS) is 12.4. The zero-order valence-corrected chi connectivity index (χ0v) is 47.9. The number of unbranched alkanes of at least 4 members (excludes halogenated alkanes) is 36. The highest BCUT2D eigenvalue weighted by molar-refractivity contribution is 5.71. The molecule has 418 valence electrons. The Morgan fingerprint density at radius 1 is 0.292 bits per heavy atom. The highest BCUT2D eigenvalue weighted by atomic mass is 16.6. The predicted molar refractivity (Wildman–Crippen MR) is 312 cm³/mol. The van der Waals surface area contributed by atoms with E-state index >= 15 is 0 Å². The van der Waals surface area contributed by atoms with Gasteiger partial charge in [0.1, 0.15) is 13.2 Å². The van der Waals surface area contributed by atoms with Crippen molar-refractivity contribution in [3.63, 3.8) is 0 Å². The number of carbonyl (C=O) groups excluding carboxylic acids is 3. The van der Waals surface area contributed by atoms with Gasteiger partial charge in [0.05, 0.1) is 0 Å². The van der Waals surface area contributed by atoms with Crippen LogP contribution in [0.15, 0.2) is 60.8 Å². The summed E-state index contributed by atoms with van der Waals surface area (Å²) >= 11 is 0. The number of ether oxygens (including phenoxy) is 3. The van der Waals surface area contributed by atoms with Gasteiger partial charge in [-0.05, 0) is 83.5 Å². The van der Waals surface area contributed by atoms with Crippen LogP contribution in [0.3, 0.4) is 0 Å². The van der Waals surface area contributed by atoms with Crippen LogP contribution in [-0.4, -0.2) is 37.2 Å². The van der Waals surface area contributed by atoms with Crippen molar-refractivity contribution in [1.82, 2.24) is 0 Å². The second-order valence-corrected chi connectivity index (χ2v) is 20.9. The summed E-state index contributed by atoms with van der Waals surface area (Å²) in [6.07, 6.45) is 76.6. The molecule has 0 amide bonds. The van der Waals surface area contributed by atoms with E-state index in [4.69, 9.17) is 14.2 Å². The first-order chi connectivity index (χ1) is 35.5. The average molecular weight is 1010 g/mol. The lowest BCUT2D eigenvalue weighted by Gasteiger charge is -2.18. The van der Waals surface area contributed by atoms with E-state index in [1.54, 1.807) is 0 Å². The van der Waals surface area contributed by atoms with Crippen molar-refractivity contribution in [1.29, 1.82) is 0 Å². The third-order valence-electron chi connectivity index (χ3n) is 13.8. The van der Waals surface area contributed by atoms with Crippen LogP contribution in [0.25, 0.3) is 0 Å². The Morgan fingerprint density at radius 3 is 0.861 bits per heavy atom. The fourth-order valence-electron chi connectivity index (χ4n) is 9.08. The van der Waals surface area contributed by atoms with E-state index in [-0.39, 0.29) is 31.1 Å². The number of allylic oxidation sites excluding steroid dienone is 10. The monoisotopic (exact) mass is 1010 g/mol. The van der Waals surface area contributed by atoms with Gasteiger partial charge in [-0.15, -0.1) is 0 Å². The van der Waals surface area contributed by atoms with Crippen molar-refractivity contribution < 1.29 is 28.6 Å². The van der Waals surface area contributed by atoms with E-state index in [1.165, 1.54) is 199 Å². The van der Waals surface area contributed by atoms with E-state index < -0.39 is 6.10 Å². The third kappa shape index (κ3) is 58.0. The summed E-state index contributed by atoms with van der Waals surface area (Å²) in [5.74, 6) is -0.861. The molecule has 6 nitrogen and oxygen atoms in total. The summed E-state index contributed by atoms with van der Waals surface area (Å²) in [6.45, 7) is 6.55. The topological polar surface area (TPSA) is 78.9 Å². The molecule has 0 aromatic carbocycles. The van der Waals surface area contributed by atoms with Crippen LogP contribution >= 0.6 is 0 Å². The minimum absolute atomic E-state index is 0.0717. The van der Waals surface area contributed by atoms with Gasteiger partial charge in [0.15, 0.2) is 6.10 Å². The molecule has 0 fully saturated rings. The maximum absolute atomic E-state index is 12.9. The van der Waals surface area contributed by atoms with Crippen molar-refractivity contribution in [3.8, 4) is 0 Å². The van der Waals surface area contributed by atoms with E-state index in [9.17, 15) is 14.4 Å². The molecule has 72 heavy (non-hydrogen) atoms. The third-order valence-corrected chi connectivity index (χ3v) is 13.8. The zero-order chi connectivity index (χ0) is 52.2. The van der Waals surface area contributed by atoms with Crippen LogP contribution in [-0.2, 0) is 28.6 Å². The molecule has 0 heterocycles. The van der Waals surface area contributed by atoms with Crippen LogP contribution in [0.2, 0.25) is 0 Å².